The number of hydrogen-bond acceptors (Lipinski definition) is 6. The molecule has 2 aliphatic rings. The van der Waals surface area contributed by atoms with Crippen LogP contribution in [0.5, 0.6) is 0 Å². The van der Waals surface area contributed by atoms with Gasteiger partial charge in [0.15, 0.2) is 0 Å². The van der Waals surface area contributed by atoms with Crippen molar-refractivity contribution in [3.8, 4) is 0 Å². The van der Waals surface area contributed by atoms with Gasteiger partial charge in [-0.2, -0.15) is 20.2 Å². The Bertz CT molecular complexity index is 1610. The van der Waals surface area contributed by atoms with Crippen LogP contribution >= 0.6 is 0 Å². The Hall–Kier alpha value is -5.25. The first-order valence-electron chi connectivity index (χ1n) is 13.2. The van der Waals surface area contributed by atoms with Crippen LogP contribution in [0, 0.1) is 0 Å². The number of hydrogen-bond donors (Lipinski definition) is 0. The van der Waals surface area contributed by atoms with E-state index in [9.17, 15) is 19.8 Å². The zero-order chi connectivity index (χ0) is 29.6. The second-order valence-electron chi connectivity index (χ2n) is 9.42. The Kier molecular flexibility index (Phi) is 9.71. The number of carbonyl (C=O) groups excluding carboxylic acids is 2. The van der Waals surface area contributed by atoms with Crippen molar-refractivity contribution in [1.29, 1.82) is 0 Å². The number of para-hydroxylation sites is 2. The quantitative estimate of drug-likeness (QED) is 0.252. The third-order valence-electron chi connectivity index (χ3n) is 6.56. The maximum Gasteiger partial charge on any atom is 2.00 e. The maximum absolute atomic E-state index is 12.5. The van der Waals surface area contributed by atoms with Crippen molar-refractivity contribution in [2.45, 2.75) is 13.8 Å². The summed E-state index contributed by atoms with van der Waals surface area (Å²) in [4.78, 5) is 25.0. The molecule has 1 radical (unpaired) electrons. The summed E-state index contributed by atoms with van der Waals surface area (Å²) < 4.78 is 0. The minimum absolute atomic E-state index is 0. The smallest absolute Gasteiger partial charge is 0.871 e. The summed E-state index contributed by atoms with van der Waals surface area (Å²) >= 11 is 0. The SMILES string of the molecule is CC1=NN(c2ccccc2)C(=O)C1=C([O-])c1ccccc1.CC1=NN(c2ccccc2)C(=O)C1=C([O-])c1ccccc1.[Co+2]. The zero-order valence-electron chi connectivity index (χ0n) is 23.3. The molecule has 9 heteroatoms. The van der Waals surface area contributed by atoms with E-state index in [0.29, 0.717) is 33.9 Å². The molecule has 2 aliphatic heterocycles. The molecule has 2 heterocycles. The fraction of sp³-hybridized carbons (Fsp3) is 0.0588. The minimum Gasteiger partial charge on any atom is -0.871 e. The first-order valence-corrected chi connectivity index (χ1v) is 13.2. The molecular formula is C34H26CoN4O4. The molecule has 0 saturated carbocycles. The van der Waals surface area contributed by atoms with Crippen molar-refractivity contribution < 1.29 is 36.6 Å². The number of anilines is 2. The van der Waals surface area contributed by atoms with E-state index >= 15 is 0 Å². The summed E-state index contributed by atoms with van der Waals surface area (Å²) in [6, 6.07) is 35.7. The molecule has 43 heavy (non-hydrogen) atoms. The van der Waals surface area contributed by atoms with E-state index in [1.54, 1.807) is 86.6 Å². The standard InChI is InChI=1S/2C17H14N2O2.Co/c2*1-12-15(16(20)13-8-4-2-5-9-13)17(21)19(18-12)14-10-6-3-7-11-14;/h2*2-11,20H,1H3;/q;;+2/p-2. The van der Waals surface area contributed by atoms with Crippen molar-refractivity contribution in [1.82, 2.24) is 0 Å². The van der Waals surface area contributed by atoms with Crippen LogP contribution < -0.4 is 20.2 Å². The first-order chi connectivity index (χ1) is 20.4. The van der Waals surface area contributed by atoms with Crippen LogP contribution in [0.3, 0.4) is 0 Å². The monoisotopic (exact) mass is 613 g/mol. The summed E-state index contributed by atoms with van der Waals surface area (Å²) in [6.45, 7) is 3.36. The largest absolute Gasteiger partial charge is 2.00 e. The third kappa shape index (κ3) is 6.48. The van der Waals surface area contributed by atoms with Gasteiger partial charge in [0.25, 0.3) is 11.8 Å². The molecule has 6 rings (SSSR count). The van der Waals surface area contributed by atoms with Gasteiger partial charge in [0.1, 0.15) is 0 Å². The molecule has 0 atom stereocenters. The van der Waals surface area contributed by atoms with Gasteiger partial charge in [-0.3, -0.25) is 9.59 Å². The molecule has 0 N–H and O–H groups in total. The van der Waals surface area contributed by atoms with E-state index in [-0.39, 0.29) is 51.3 Å². The predicted octanol–water partition coefficient (Wildman–Crippen LogP) is 4.36. The molecule has 0 unspecified atom stereocenters. The molecule has 2 amide bonds. The number of benzene rings is 4. The maximum atomic E-state index is 12.5. The van der Waals surface area contributed by atoms with Crippen LogP contribution in [0.15, 0.2) is 143 Å². The van der Waals surface area contributed by atoms with Gasteiger partial charge in [-0.15, -0.1) is 0 Å². The van der Waals surface area contributed by atoms with E-state index < -0.39 is 0 Å². The second-order valence-corrected chi connectivity index (χ2v) is 9.42. The third-order valence-corrected chi connectivity index (χ3v) is 6.56. The average Bonchev–Trinajstić information content (AvgIpc) is 3.51. The second kappa shape index (κ2) is 13.6. The van der Waals surface area contributed by atoms with Gasteiger partial charge in [-0.25, -0.2) is 0 Å². The number of carbonyl (C=O) groups is 2. The number of nitrogens with zero attached hydrogens (tertiary/aromatic N) is 4. The Morgan fingerprint density at radius 3 is 1.09 bits per heavy atom. The average molecular weight is 614 g/mol. The van der Waals surface area contributed by atoms with E-state index in [4.69, 9.17) is 0 Å². The fourth-order valence-electron chi connectivity index (χ4n) is 4.49. The molecule has 0 spiro atoms. The summed E-state index contributed by atoms with van der Waals surface area (Å²) in [5.41, 5.74) is 3.43. The molecule has 4 aromatic rings. The fourth-order valence-corrected chi connectivity index (χ4v) is 4.49. The van der Waals surface area contributed by atoms with E-state index in [1.165, 1.54) is 10.0 Å². The van der Waals surface area contributed by atoms with Crippen molar-refractivity contribution in [3.05, 3.63) is 144 Å². The van der Waals surface area contributed by atoms with Gasteiger partial charge in [-0.05, 0) is 49.2 Å². The molecule has 4 aromatic carbocycles. The Labute approximate surface area is 259 Å². The first kappa shape index (κ1) is 30.7. The molecule has 0 aliphatic carbocycles. The molecule has 215 valence electrons. The van der Waals surface area contributed by atoms with Crippen molar-refractivity contribution in [2.24, 2.45) is 10.2 Å². The molecule has 0 fully saturated rings. The molecular weight excluding hydrogens is 587 g/mol. The Morgan fingerprint density at radius 1 is 0.512 bits per heavy atom. The van der Waals surface area contributed by atoms with Gasteiger partial charge in [0, 0.05) is 0 Å². The van der Waals surface area contributed by atoms with E-state index in [2.05, 4.69) is 10.2 Å². The zero-order valence-corrected chi connectivity index (χ0v) is 24.3. The van der Waals surface area contributed by atoms with Crippen LogP contribution in [-0.2, 0) is 26.4 Å². The number of amides is 2. The molecule has 0 saturated heterocycles. The van der Waals surface area contributed by atoms with Crippen molar-refractivity contribution in [2.75, 3.05) is 10.0 Å². The molecule has 0 bridgehead atoms. The van der Waals surface area contributed by atoms with Gasteiger partial charge in [0.05, 0.1) is 33.9 Å². The van der Waals surface area contributed by atoms with Gasteiger partial charge in [-0.1, -0.05) is 109 Å². The van der Waals surface area contributed by atoms with Gasteiger partial charge >= 0.3 is 16.8 Å². The van der Waals surface area contributed by atoms with Crippen LogP contribution in [-0.4, -0.2) is 23.2 Å². The minimum atomic E-state index is -0.382. The topological polar surface area (TPSA) is 111 Å². The summed E-state index contributed by atoms with van der Waals surface area (Å²) in [6.07, 6.45) is 0. The van der Waals surface area contributed by atoms with Crippen molar-refractivity contribution >= 4 is 46.1 Å². The summed E-state index contributed by atoms with van der Waals surface area (Å²) in [5.74, 6) is -1.35. The van der Waals surface area contributed by atoms with Crippen LogP contribution in [0.25, 0.3) is 11.5 Å². The van der Waals surface area contributed by atoms with E-state index in [0.717, 1.165) is 0 Å². The molecule has 8 nitrogen and oxygen atoms in total. The Balaban J connectivity index is 0.000000192. The van der Waals surface area contributed by atoms with Crippen LogP contribution in [0.2, 0.25) is 0 Å². The molecule has 0 aromatic heterocycles. The number of hydrazone groups is 2. The normalized spacial score (nSPS) is 16.5. The Morgan fingerprint density at radius 2 is 0.791 bits per heavy atom. The van der Waals surface area contributed by atoms with Crippen LogP contribution in [0.1, 0.15) is 25.0 Å². The summed E-state index contributed by atoms with van der Waals surface area (Å²) in [7, 11) is 0. The predicted molar refractivity (Wildman–Crippen MR) is 161 cm³/mol. The van der Waals surface area contributed by atoms with Gasteiger partial charge < -0.3 is 10.2 Å². The number of rotatable bonds is 4. The van der Waals surface area contributed by atoms with Crippen molar-refractivity contribution in [3.63, 3.8) is 0 Å². The van der Waals surface area contributed by atoms with Gasteiger partial charge in [0.2, 0.25) is 0 Å². The van der Waals surface area contributed by atoms with Crippen LogP contribution in [0.4, 0.5) is 11.4 Å². The van der Waals surface area contributed by atoms with E-state index in [1.807, 2.05) is 48.5 Å². The summed E-state index contributed by atoms with van der Waals surface area (Å²) in [5, 5.41) is 35.9.